The van der Waals surface area contributed by atoms with Gasteiger partial charge in [0.2, 0.25) is 5.91 Å². The second-order valence-corrected chi connectivity index (χ2v) is 6.48. The largest absolute Gasteiger partial charge is 0.505 e. The monoisotopic (exact) mass is 363 g/mol. The fraction of sp³-hybridized carbons (Fsp3) is 0.273. The number of hydrogen-bond acceptors (Lipinski definition) is 4. The lowest BCUT2D eigenvalue weighted by Crippen LogP contribution is -2.27. The summed E-state index contributed by atoms with van der Waals surface area (Å²) in [7, 11) is 0. The molecule has 0 saturated heterocycles. The first-order valence-corrected chi connectivity index (χ1v) is 9.23. The van der Waals surface area contributed by atoms with Gasteiger partial charge in [-0.2, -0.15) is 0 Å². The van der Waals surface area contributed by atoms with E-state index in [0.717, 1.165) is 29.7 Å². The molecule has 0 aliphatic carbocycles. The molecule has 3 rings (SSSR count). The second-order valence-electron chi connectivity index (χ2n) is 6.48. The molecule has 5 heteroatoms. The molecule has 1 amide bonds. The first kappa shape index (κ1) is 18.7. The number of pyridine rings is 1. The molecule has 0 radical (unpaired) electrons. The molecular formula is C22H25N3O2. The Morgan fingerprint density at radius 2 is 1.81 bits per heavy atom. The van der Waals surface area contributed by atoms with Gasteiger partial charge in [0.1, 0.15) is 11.3 Å². The van der Waals surface area contributed by atoms with Crippen LogP contribution in [0.15, 0.2) is 54.7 Å². The van der Waals surface area contributed by atoms with Crippen LogP contribution >= 0.6 is 0 Å². The lowest BCUT2D eigenvalue weighted by atomic mass is 9.96. The highest BCUT2D eigenvalue weighted by atomic mass is 16.3. The van der Waals surface area contributed by atoms with Gasteiger partial charge in [0.25, 0.3) is 0 Å². The van der Waals surface area contributed by atoms with E-state index >= 15 is 0 Å². The summed E-state index contributed by atoms with van der Waals surface area (Å²) in [6.45, 7) is 7.59. The Morgan fingerprint density at radius 3 is 2.44 bits per heavy atom. The molecule has 27 heavy (non-hydrogen) atoms. The number of carbonyl (C=O) groups is 1. The molecule has 5 nitrogen and oxygen atoms in total. The zero-order chi connectivity index (χ0) is 19.4. The topological polar surface area (TPSA) is 65.5 Å². The number of phenolic OH excluding ortho intramolecular Hbond substituents is 1. The smallest absolute Gasteiger partial charge is 0.217 e. The van der Waals surface area contributed by atoms with Crippen LogP contribution < -0.4 is 10.2 Å². The van der Waals surface area contributed by atoms with Crippen molar-refractivity contribution in [3.05, 3.63) is 65.9 Å². The maximum atomic E-state index is 11.8. The first-order valence-electron chi connectivity index (χ1n) is 9.23. The number of phenols is 1. The van der Waals surface area contributed by atoms with E-state index in [-0.39, 0.29) is 11.7 Å². The van der Waals surface area contributed by atoms with E-state index in [1.807, 2.05) is 48.5 Å². The Morgan fingerprint density at radius 1 is 1.11 bits per heavy atom. The number of fused-ring (bicyclic) bond motifs is 1. The van der Waals surface area contributed by atoms with Crippen molar-refractivity contribution in [3.8, 4) is 5.75 Å². The molecule has 0 fully saturated rings. The Bertz CT molecular complexity index is 934. The molecule has 1 atom stereocenters. The van der Waals surface area contributed by atoms with Gasteiger partial charge in [0.05, 0.1) is 6.04 Å². The van der Waals surface area contributed by atoms with Crippen molar-refractivity contribution in [2.45, 2.75) is 26.8 Å². The van der Waals surface area contributed by atoms with Gasteiger partial charge in [-0.05, 0) is 37.6 Å². The van der Waals surface area contributed by atoms with E-state index in [9.17, 15) is 9.90 Å². The molecule has 0 aliphatic rings. The number of rotatable bonds is 6. The number of benzene rings is 2. The van der Waals surface area contributed by atoms with Crippen molar-refractivity contribution in [1.82, 2.24) is 10.3 Å². The fourth-order valence-corrected chi connectivity index (χ4v) is 3.39. The predicted molar refractivity (Wildman–Crippen MR) is 109 cm³/mol. The summed E-state index contributed by atoms with van der Waals surface area (Å²) in [6, 6.07) is 15.1. The maximum absolute atomic E-state index is 11.8. The number of aromatic nitrogens is 1. The van der Waals surface area contributed by atoms with Crippen LogP contribution in [0.4, 0.5) is 5.69 Å². The Hall–Kier alpha value is -3.08. The average Bonchev–Trinajstić information content (AvgIpc) is 2.68. The van der Waals surface area contributed by atoms with Gasteiger partial charge in [-0.15, -0.1) is 0 Å². The van der Waals surface area contributed by atoms with Crippen molar-refractivity contribution in [1.29, 1.82) is 0 Å². The molecular weight excluding hydrogens is 338 g/mol. The van der Waals surface area contributed by atoms with Crippen LogP contribution in [-0.2, 0) is 4.79 Å². The molecule has 0 spiro atoms. The molecule has 140 valence electrons. The van der Waals surface area contributed by atoms with Gasteiger partial charge in [-0.1, -0.05) is 30.3 Å². The number of anilines is 1. The first-order chi connectivity index (χ1) is 13.0. The van der Waals surface area contributed by atoms with Crippen LogP contribution in [0.5, 0.6) is 5.75 Å². The van der Waals surface area contributed by atoms with Crippen LogP contribution in [0.3, 0.4) is 0 Å². The van der Waals surface area contributed by atoms with Crippen LogP contribution in [0.25, 0.3) is 10.9 Å². The quantitative estimate of drug-likeness (QED) is 0.694. The Labute approximate surface area is 159 Å². The normalized spacial score (nSPS) is 12.0. The van der Waals surface area contributed by atoms with Crippen molar-refractivity contribution >= 4 is 22.5 Å². The van der Waals surface area contributed by atoms with Crippen molar-refractivity contribution in [3.63, 3.8) is 0 Å². The Balaban J connectivity index is 2.04. The highest BCUT2D eigenvalue weighted by Crippen LogP contribution is 2.34. The number of hydrogen-bond donors (Lipinski definition) is 2. The number of nitrogens with zero attached hydrogens (tertiary/aromatic N) is 2. The van der Waals surface area contributed by atoms with Crippen molar-refractivity contribution in [2.24, 2.45) is 0 Å². The highest BCUT2D eigenvalue weighted by Gasteiger charge is 2.21. The van der Waals surface area contributed by atoms with Gasteiger partial charge in [0, 0.05) is 42.8 Å². The van der Waals surface area contributed by atoms with E-state index in [2.05, 4.69) is 29.0 Å². The third-order valence-electron chi connectivity index (χ3n) is 4.79. The van der Waals surface area contributed by atoms with E-state index in [4.69, 9.17) is 0 Å². The minimum absolute atomic E-state index is 0.0969. The summed E-state index contributed by atoms with van der Waals surface area (Å²) in [5.41, 5.74) is 3.21. The maximum Gasteiger partial charge on any atom is 0.217 e. The number of amides is 1. The molecule has 0 saturated carbocycles. The lowest BCUT2D eigenvalue weighted by Gasteiger charge is -2.24. The van der Waals surface area contributed by atoms with E-state index in [1.165, 1.54) is 6.92 Å². The summed E-state index contributed by atoms with van der Waals surface area (Å²) < 4.78 is 0. The van der Waals surface area contributed by atoms with Gasteiger partial charge < -0.3 is 15.3 Å². The average molecular weight is 363 g/mol. The molecule has 1 heterocycles. The Kier molecular flexibility index (Phi) is 5.60. The molecule has 0 aliphatic heterocycles. The van der Waals surface area contributed by atoms with Crippen LogP contribution in [0.1, 0.15) is 37.9 Å². The van der Waals surface area contributed by atoms with Gasteiger partial charge in [-0.25, -0.2) is 0 Å². The highest BCUT2D eigenvalue weighted by molar-refractivity contribution is 5.86. The zero-order valence-electron chi connectivity index (χ0n) is 15.9. The van der Waals surface area contributed by atoms with E-state index in [0.29, 0.717) is 11.1 Å². The van der Waals surface area contributed by atoms with E-state index in [1.54, 1.807) is 6.20 Å². The zero-order valence-corrected chi connectivity index (χ0v) is 15.9. The minimum Gasteiger partial charge on any atom is -0.505 e. The number of aromatic hydroxyl groups is 1. The number of nitrogens with one attached hydrogen (secondary N) is 1. The molecule has 2 aromatic carbocycles. The summed E-state index contributed by atoms with van der Waals surface area (Å²) in [5.74, 6) is -0.0620. The minimum atomic E-state index is -0.445. The third-order valence-corrected chi connectivity index (χ3v) is 4.79. The molecule has 0 bridgehead atoms. The van der Waals surface area contributed by atoms with E-state index < -0.39 is 6.04 Å². The van der Waals surface area contributed by atoms with Crippen LogP contribution in [0.2, 0.25) is 0 Å². The molecule has 1 unspecified atom stereocenters. The van der Waals surface area contributed by atoms with Crippen LogP contribution in [0, 0.1) is 0 Å². The second kappa shape index (κ2) is 8.08. The van der Waals surface area contributed by atoms with Gasteiger partial charge in [-0.3, -0.25) is 9.78 Å². The molecule has 2 N–H and O–H groups in total. The van der Waals surface area contributed by atoms with Gasteiger partial charge in [0.15, 0.2) is 0 Å². The molecule has 1 aromatic heterocycles. The summed E-state index contributed by atoms with van der Waals surface area (Å²) in [5, 5.41) is 14.6. The van der Waals surface area contributed by atoms with Crippen LogP contribution in [-0.4, -0.2) is 29.1 Å². The summed E-state index contributed by atoms with van der Waals surface area (Å²) in [6.07, 6.45) is 1.65. The SMILES string of the molecule is CCN(CC)c1ccc(C(NC(C)=O)c2ccc3cccnc3c2O)cc1. The summed E-state index contributed by atoms with van der Waals surface area (Å²) in [4.78, 5) is 18.4. The standard InChI is InChI=1S/C22H25N3O2/c1-4-25(5-2)18-11-8-17(9-12-18)20(24-15(3)26)19-13-10-16-7-6-14-23-21(16)22(19)27/h6-14,20,27H,4-5H2,1-3H3,(H,24,26). The third kappa shape index (κ3) is 3.87. The van der Waals surface area contributed by atoms with Crippen molar-refractivity contribution < 1.29 is 9.90 Å². The lowest BCUT2D eigenvalue weighted by molar-refractivity contribution is -0.119. The van der Waals surface area contributed by atoms with Crippen molar-refractivity contribution in [2.75, 3.05) is 18.0 Å². The summed E-state index contributed by atoms with van der Waals surface area (Å²) >= 11 is 0. The fourth-order valence-electron chi connectivity index (χ4n) is 3.39. The predicted octanol–water partition coefficient (Wildman–Crippen LogP) is 4.01. The molecule has 3 aromatic rings. The number of carbonyl (C=O) groups excluding carboxylic acids is 1. The van der Waals surface area contributed by atoms with Gasteiger partial charge >= 0.3 is 0 Å².